The molecule has 6 rings (SSSR count). The quantitative estimate of drug-likeness (QED) is 0.0599. The first-order valence-corrected chi connectivity index (χ1v) is 21.6. The first-order valence-electron chi connectivity index (χ1n) is 21.2. The molecule has 4 aliphatic rings. The highest BCUT2D eigenvalue weighted by Crippen LogP contribution is 2.66. The second-order valence-corrected chi connectivity index (χ2v) is 18.4. The first-order chi connectivity index (χ1) is 27.9. The van der Waals surface area contributed by atoms with Crippen LogP contribution in [0.5, 0.6) is 0 Å². The van der Waals surface area contributed by atoms with E-state index in [4.69, 9.17) is 32.4 Å². The van der Waals surface area contributed by atoms with Gasteiger partial charge in [0.25, 0.3) is 0 Å². The maximum atomic E-state index is 13.8. The summed E-state index contributed by atoms with van der Waals surface area (Å²) in [5.74, 6) is -3.18. The average molecular weight is 836 g/mol. The van der Waals surface area contributed by atoms with Gasteiger partial charge in [0.2, 0.25) is 11.8 Å². The van der Waals surface area contributed by atoms with Crippen LogP contribution in [-0.4, -0.2) is 89.4 Å². The second-order valence-electron chi connectivity index (χ2n) is 18.0. The number of aliphatic hydroxyl groups excluding tert-OH is 1. The number of halogens is 1. The first kappa shape index (κ1) is 46.5. The minimum atomic E-state index is -1.34. The number of carbonyl (C=O) groups is 5. The van der Waals surface area contributed by atoms with Gasteiger partial charge in [0, 0.05) is 53.4 Å². The molecule has 1 aliphatic heterocycles. The molecule has 0 unspecified atom stereocenters. The molecule has 10 atom stereocenters. The summed E-state index contributed by atoms with van der Waals surface area (Å²) in [5, 5.41) is 16.7. The molecule has 322 valence electrons. The number of Topliss-reactive ketones (excluding diaryl/α,β-unsaturated/α-hetero) is 3. The zero-order chi connectivity index (χ0) is 43.2. The smallest absolute Gasteiger partial charge is 0.405 e. The summed E-state index contributed by atoms with van der Waals surface area (Å²) in [6, 6.07) is 8.33. The number of nitrogens with zero attached hydrogens (tertiary/aromatic N) is 1. The molecule has 3 aliphatic carbocycles. The van der Waals surface area contributed by atoms with Gasteiger partial charge in [-0.3, -0.25) is 29.0 Å². The lowest BCUT2D eigenvalue weighted by Gasteiger charge is -2.64. The molecule has 0 radical (unpaired) electrons. The number of benzene rings is 1. The summed E-state index contributed by atoms with van der Waals surface area (Å²) in [5.41, 5.74) is 13.1. The third kappa shape index (κ3) is 10.9. The summed E-state index contributed by atoms with van der Waals surface area (Å²) in [6.45, 7) is 12.2. The van der Waals surface area contributed by atoms with Gasteiger partial charge in [0.1, 0.15) is 6.04 Å². The Morgan fingerprint density at radius 1 is 0.898 bits per heavy atom. The number of ketones is 3. The van der Waals surface area contributed by atoms with Gasteiger partial charge in [-0.25, -0.2) is 0 Å². The van der Waals surface area contributed by atoms with E-state index in [-0.39, 0.29) is 61.1 Å². The molecule has 2 bridgehead atoms. The maximum absolute atomic E-state index is 13.8. The molecular weight excluding hydrogens is 773 g/mol. The van der Waals surface area contributed by atoms with Crippen molar-refractivity contribution in [1.82, 2.24) is 15.6 Å². The molecule has 7 N–H and O–H groups in total. The Balaban J connectivity index is 1.15. The van der Waals surface area contributed by atoms with Gasteiger partial charge in [-0.05, 0) is 113 Å². The number of rotatable bonds is 22. The Kier molecular flexibility index (Phi) is 15.7. The molecule has 4 fully saturated rings. The zero-order valence-electron chi connectivity index (χ0n) is 35.4. The molecule has 0 spiro atoms. The van der Waals surface area contributed by atoms with Gasteiger partial charge in [0.15, 0.2) is 17.3 Å². The molecule has 59 heavy (non-hydrogen) atoms. The SMILES string of the molecule is C[C@H](CC(=O)[C@H](CCCCN)NC(=O)[C@H](C)CC(=O)[C@@H](NC(=O)[C@H](CCN)CC(=O)c1ccc(-c2ccc(Cl)cc2)nc1)[C@@H](C)O)B1O[C@@H]2C[C@@H]3C[C@@H](C3(C)C)[C@]2(C)O1. The molecule has 13 nitrogen and oxygen atoms in total. The summed E-state index contributed by atoms with van der Waals surface area (Å²) in [4.78, 5) is 72.1. The normalized spacial score (nSPS) is 24.7. The van der Waals surface area contributed by atoms with Crippen LogP contribution in [0.2, 0.25) is 10.8 Å². The molecule has 2 heterocycles. The Hall–Kier alpha value is -3.53. The van der Waals surface area contributed by atoms with Crippen molar-refractivity contribution in [1.29, 1.82) is 0 Å². The number of carbonyl (C=O) groups excluding carboxylic acids is 5. The van der Waals surface area contributed by atoms with E-state index in [9.17, 15) is 29.1 Å². The minimum absolute atomic E-state index is 0.00740. The molecule has 2 aromatic rings. The van der Waals surface area contributed by atoms with Crippen LogP contribution >= 0.6 is 11.6 Å². The van der Waals surface area contributed by atoms with Crippen molar-refractivity contribution in [2.75, 3.05) is 13.1 Å². The highest BCUT2D eigenvalue weighted by Gasteiger charge is 2.68. The third-order valence-electron chi connectivity index (χ3n) is 13.2. The largest absolute Gasteiger partial charge is 0.461 e. The van der Waals surface area contributed by atoms with Gasteiger partial charge in [0.05, 0.1) is 29.5 Å². The van der Waals surface area contributed by atoms with Crippen LogP contribution in [0.4, 0.5) is 0 Å². The van der Waals surface area contributed by atoms with E-state index in [2.05, 4.69) is 36.4 Å². The van der Waals surface area contributed by atoms with Gasteiger partial charge in [-0.2, -0.15) is 0 Å². The Labute approximate surface area is 354 Å². The number of amides is 2. The number of aromatic nitrogens is 1. The molecule has 1 aromatic heterocycles. The van der Waals surface area contributed by atoms with Gasteiger partial charge >= 0.3 is 7.12 Å². The van der Waals surface area contributed by atoms with Crippen molar-refractivity contribution in [2.45, 2.75) is 135 Å². The maximum Gasteiger partial charge on any atom is 0.461 e. The van der Waals surface area contributed by atoms with Gasteiger partial charge in [-0.1, -0.05) is 51.4 Å². The monoisotopic (exact) mass is 835 g/mol. The highest BCUT2D eigenvalue weighted by atomic mass is 35.5. The zero-order valence-corrected chi connectivity index (χ0v) is 36.1. The van der Waals surface area contributed by atoms with E-state index in [1.165, 1.54) is 13.1 Å². The number of aliphatic hydroxyl groups is 1. The van der Waals surface area contributed by atoms with Crippen LogP contribution < -0.4 is 22.1 Å². The van der Waals surface area contributed by atoms with Crippen molar-refractivity contribution in [3.8, 4) is 11.3 Å². The van der Waals surface area contributed by atoms with Gasteiger partial charge < -0.3 is 36.5 Å². The van der Waals surface area contributed by atoms with E-state index >= 15 is 0 Å². The summed E-state index contributed by atoms with van der Waals surface area (Å²) < 4.78 is 13.0. The summed E-state index contributed by atoms with van der Waals surface area (Å²) >= 11 is 5.99. The standard InChI is InChI=1S/C44H63BClN5O8/c1-25(41(56)50-34(9-7-8-17-47)36(54)20-26(2)45-58-39-23-31-22-38(43(31,4)5)44(39,6)59-45)19-37(55)40(27(3)52)51-42(57)29(16-18-48)21-35(53)30-12-15-33(49-24-30)28-10-13-32(46)14-11-28/h10-15,24-27,29,31,34,38-40,52H,7-9,16-23,47-48H2,1-6H3,(H,50,56)(H,51,57)/t25-,26-,27-,29-,31+,34+,38+,39-,40+,44+/m1/s1. The molecule has 3 saturated carbocycles. The van der Waals surface area contributed by atoms with Crippen molar-refractivity contribution in [3.05, 3.63) is 53.2 Å². The molecule has 15 heteroatoms. The van der Waals surface area contributed by atoms with E-state index in [1.54, 1.807) is 31.2 Å². The highest BCUT2D eigenvalue weighted by molar-refractivity contribution is 6.47. The fourth-order valence-corrected chi connectivity index (χ4v) is 9.43. The second kappa shape index (κ2) is 19.9. The van der Waals surface area contributed by atoms with Crippen molar-refractivity contribution in [2.24, 2.45) is 40.6 Å². The van der Waals surface area contributed by atoms with Crippen molar-refractivity contribution >= 4 is 47.9 Å². The van der Waals surface area contributed by atoms with E-state index in [0.717, 1.165) is 18.4 Å². The minimum Gasteiger partial charge on any atom is -0.405 e. The predicted molar refractivity (Wildman–Crippen MR) is 227 cm³/mol. The van der Waals surface area contributed by atoms with Crippen molar-refractivity contribution < 1.29 is 38.4 Å². The molecular formula is C44H63BClN5O8. The van der Waals surface area contributed by atoms with E-state index < -0.39 is 60.3 Å². The fourth-order valence-electron chi connectivity index (χ4n) is 9.30. The Morgan fingerprint density at radius 2 is 1.61 bits per heavy atom. The lowest BCUT2D eigenvalue weighted by atomic mass is 9.43. The lowest BCUT2D eigenvalue weighted by Crippen LogP contribution is -2.65. The lowest BCUT2D eigenvalue weighted by molar-refractivity contribution is -0.199. The number of nitrogens with two attached hydrogens (primary N) is 2. The Bertz CT molecular complexity index is 1810. The topological polar surface area (TPSA) is 213 Å². The van der Waals surface area contributed by atoms with Crippen LogP contribution in [0.15, 0.2) is 42.6 Å². The third-order valence-corrected chi connectivity index (χ3v) is 13.5. The van der Waals surface area contributed by atoms with Crippen molar-refractivity contribution in [3.63, 3.8) is 0 Å². The van der Waals surface area contributed by atoms with Crippen LogP contribution in [-0.2, 0) is 28.5 Å². The molecule has 1 aromatic carbocycles. The number of hydrogen-bond acceptors (Lipinski definition) is 11. The van der Waals surface area contributed by atoms with Crippen LogP contribution in [0.25, 0.3) is 11.3 Å². The fraction of sp³-hybridized carbons (Fsp3) is 0.636. The van der Waals surface area contributed by atoms with Crippen LogP contribution in [0.3, 0.4) is 0 Å². The molecule has 1 saturated heterocycles. The van der Waals surface area contributed by atoms with Gasteiger partial charge in [-0.15, -0.1) is 0 Å². The summed E-state index contributed by atoms with van der Waals surface area (Å²) in [7, 11) is -0.527. The van der Waals surface area contributed by atoms with Crippen LogP contribution in [0.1, 0.15) is 110 Å². The summed E-state index contributed by atoms with van der Waals surface area (Å²) in [6.07, 6.45) is 3.69. The number of unbranched alkanes of at least 4 members (excludes halogenated alkanes) is 1. The van der Waals surface area contributed by atoms with E-state index in [1.807, 2.05) is 19.1 Å². The number of pyridine rings is 1. The van der Waals surface area contributed by atoms with E-state index in [0.29, 0.717) is 53.9 Å². The average Bonchev–Trinajstić information content (AvgIpc) is 3.57. The number of nitrogens with one attached hydrogen (secondary N) is 2. The molecule has 2 amide bonds. The Morgan fingerprint density at radius 3 is 2.22 bits per heavy atom. The predicted octanol–water partition coefficient (Wildman–Crippen LogP) is 5.09. The number of hydrogen-bond donors (Lipinski definition) is 5. The van der Waals surface area contributed by atoms with Crippen LogP contribution in [0, 0.1) is 29.1 Å².